The van der Waals surface area contributed by atoms with Gasteiger partial charge in [0.1, 0.15) is 5.78 Å². The van der Waals surface area contributed by atoms with Gasteiger partial charge in [-0.3, -0.25) is 4.79 Å². The van der Waals surface area contributed by atoms with Crippen molar-refractivity contribution in [1.82, 2.24) is 4.98 Å². The number of nitrogens with two attached hydrogens (primary N) is 1. The molecule has 84 valence electrons. The zero-order valence-electron chi connectivity index (χ0n) is 9.49. The third kappa shape index (κ3) is 3.39. The Labute approximate surface area is 94.7 Å². The summed E-state index contributed by atoms with van der Waals surface area (Å²) in [5, 5.41) is 2.95. The molecule has 0 bridgehead atoms. The summed E-state index contributed by atoms with van der Waals surface area (Å²) in [5.74, 6) is 0.479. The average Bonchev–Trinajstić information content (AvgIpc) is 2.51. The van der Waals surface area contributed by atoms with Gasteiger partial charge in [0.2, 0.25) is 0 Å². The van der Waals surface area contributed by atoms with Crippen LogP contribution in [0.3, 0.4) is 0 Å². The molecule has 1 atom stereocenters. The van der Waals surface area contributed by atoms with E-state index in [-0.39, 0.29) is 11.7 Å². The number of thiazole rings is 1. The molecule has 4 heteroatoms. The first-order chi connectivity index (χ1) is 7.04. The minimum absolute atomic E-state index is 0.0352. The van der Waals surface area contributed by atoms with Crippen molar-refractivity contribution in [2.24, 2.45) is 17.6 Å². The molecule has 1 heterocycles. The monoisotopic (exact) mass is 226 g/mol. The number of hydrogen-bond acceptors (Lipinski definition) is 4. The Kier molecular flexibility index (Phi) is 4.42. The Morgan fingerprint density at radius 1 is 1.60 bits per heavy atom. The maximum absolute atomic E-state index is 11.9. The second kappa shape index (κ2) is 5.37. The van der Waals surface area contributed by atoms with Gasteiger partial charge in [0, 0.05) is 24.3 Å². The molecule has 15 heavy (non-hydrogen) atoms. The van der Waals surface area contributed by atoms with Gasteiger partial charge in [0.15, 0.2) is 0 Å². The van der Waals surface area contributed by atoms with Crippen molar-refractivity contribution in [3.8, 4) is 0 Å². The molecule has 1 unspecified atom stereocenters. The van der Waals surface area contributed by atoms with E-state index in [2.05, 4.69) is 4.98 Å². The maximum atomic E-state index is 11.9. The van der Waals surface area contributed by atoms with E-state index in [1.165, 1.54) is 0 Å². The summed E-state index contributed by atoms with van der Waals surface area (Å²) in [5.41, 5.74) is 6.47. The topological polar surface area (TPSA) is 56.0 Å². The summed E-state index contributed by atoms with van der Waals surface area (Å²) in [6.07, 6.45) is 0.421. The number of ketones is 1. The highest BCUT2D eigenvalue weighted by Gasteiger charge is 2.21. The third-order valence-corrected chi connectivity index (χ3v) is 3.32. The minimum atomic E-state index is -0.0352. The zero-order valence-corrected chi connectivity index (χ0v) is 10.3. The summed E-state index contributed by atoms with van der Waals surface area (Å²) < 4.78 is 0. The minimum Gasteiger partial charge on any atom is -0.330 e. The van der Waals surface area contributed by atoms with Gasteiger partial charge in [-0.1, -0.05) is 13.8 Å². The molecule has 2 N–H and O–H groups in total. The Morgan fingerprint density at radius 3 is 2.67 bits per heavy atom. The fourth-order valence-corrected chi connectivity index (χ4v) is 2.19. The van der Waals surface area contributed by atoms with Crippen molar-refractivity contribution < 1.29 is 4.79 Å². The lowest BCUT2D eigenvalue weighted by atomic mass is 9.90. The van der Waals surface area contributed by atoms with Crippen molar-refractivity contribution in [3.63, 3.8) is 0 Å². The molecule has 0 amide bonds. The van der Waals surface area contributed by atoms with Crippen LogP contribution in [0.25, 0.3) is 0 Å². The van der Waals surface area contributed by atoms with E-state index < -0.39 is 0 Å². The SMILES string of the molecule is Cc1nc(CC(=O)C(CN)C(C)C)cs1. The van der Waals surface area contributed by atoms with Crippen LogP contribution in [-0.2, 0) is 11.2 Å². The van der Waals surface area contributed by atoms with E-state index in [1.54, 1.807) is 11.3 Å². The van der Waals surface area contributed by atoms with Crippen molar-refractivity contribution in [2.45, 2.75) is 27.2 Å². The van der Waals surface area contributed by atoms with Crippen molar-refractivity contribution in [1.29, 1.82) is 0 Å². The number of aromatic nitrogens is 1. The quantitative estimate of drug-likeness (QED) is 0.833. The first-order valence-corrected chi connectivity index (χ1v) is 6.06. The van der Waals surface area contributed by atoms with Crippen LogP contribution in [0.5, 0.6) is 0 Å². The second-order valence-electron chi connectivity index (χ2n) is 4.09. The van der Waals surface area contributed by atoms with Crippen LogP contribution in [0, 0.1) is 18.8 Å². The van der Waals surface area contributed by atoms with Crippen LogP contribution in [-0.4, -0.2) is 17.3 Å². The lowest BCUT2D eigenvalue weighted by Gasteiger charge is -2.16. The van der Waals surface area contributed by atoms with E-state index in [0.717, 1.165) is 10.7 Å². The van der Waals surface area contributed by atoms with Crippen LogP contribution < -0.4 is 5.73 Å². The predicted octanol–water partition coefficient (Wildman–Crippen LogP) is 1.79. The number of carbonyl (C=O) groups excluding carboxylic acids is 1. The summed E-state index contributed by atoms with van der Waals surface area (Å²) in [7, 11) is 0. The highest BCUT2D eigenvalue weighted by atomic mass is 32.1. The standard InChI is InChI=1S/C11H18N2OS/c1-7(2)10(5-12)11(14)4-9-6-15-8(3)13-9/h6-7,10H,4-5,12H2,1-3H3. The van der Waals surface area contributed by atoms with Crippen LogP contribution in [0.1, 0.15) is 24.5 Å². The third-order valence-electron chi connectivity index (χ3n) is 2.49. The summed E-state index contributed by atoms with van der Waals surface area (Å²) in [6, 6.07) is 0. The van der Waals surface area contributed by atoms with E-state index in [4.69, 9.17) is 5.73 Å². The van der Waals surface area contributed by atoms with Crippen LogP contribution in [0.2, 0.25) is 0 Å². The first kappa shape index (κ1) is 12.3. The smallest absolute Gasteiger partial charge is 0.143 e. The number of carbonyl (C=O) groups is 1. The molecule has 0 aliphatic rings. The molecule has 0 fully saturated rings. The van der Waals surface area contributed by atoms with Crippen molar-refractivity contribution in [3.05, 3.63) is 16.1 Å². The second-order valence-corrected chi connectivity index (χ2v) is 5.15. The maximum Gasteiger partial charge on any atom is 0.143 e. The molecule has 0 saturated carbocycles. The Balaban J connectivity index is 2.62. The summed E-state index contributed by atoms with van der Waals surface area (Å²) in [4.78, 5) is 16.2. The van der Waals surface area contributed by atoms with E-state index in [1.807, 2.05) is 26.2 Å². The Hall–Kier alpha value is -0.740. The molecule has 0 saturated heterocycles. The highest BCUT2D eigenvalue weighted by Crippen LogP contribution is 2.15. The van der Waals surface area contributed by atoms with Gasteiger partial charge in [-0.2, -0.15) is 0 Å². The molecule has 0 aromatic carbocycles. The van der Waals surface area contributed by atoms with Crippen molar-refractivity contribution in [2.75, 3.05) is 6.54 Å². The molecule has 0 radical (unpaired) electrons. The number of rotatable bonds is 5. The number of Topliss-reactive ketones (excluding diaryl/α,β-unsaturated/α-hetero) is 1. The van der Waals surface area contributed by atoms with Crippen LogP contribution >= 0.6 is 11.3 Å². The van der Waals surface area contributed by atoms with Gasteiger partial charge in [-0.15, -0.1) is 11.3 Å². The number of hydrogen-bond donors (Lipinski definition) is 1. The van der Waals surface area contributed by atoms with E-state index in [0.29, 0.717) is 18.9 Å². The molecule has 1 aromatic heterocycles. The predicted molar refractivity (Wildman–Crippen MR) is 62.9 cm³/mol. The average molecular weight is 226 g/mol. The first-order valence-electron chi connectivity index (χ1n) is 5.18. The van der Waals surface area contributed by atoms with Gasteiger partial charge >= 0.3 is 0 Å². The fourth-order valence-electron chi connectivity index (χ4n) is 1.57. The summed E-state index contributed by atoms with van der Waals surface area (Å²) in [6.45, 7) is 6.44. The summed E-state index contributed by atoms with van der Waals surface area (Å²) >= 11 is 1.58. The van der Waals surface area contributed by atoms with Gasteiger partial charge in [0.05, 0.1) is 10.7 Å². The lowest BCUT2D eigenvalue weighted by molar-refractivity contribution is -0.123. The molecule has 0 aliphatic carbocycles. The van der Waals surface area contributed by atoms with Crippen LogP contribution in [0.15, 0.2) is 5.38 Å². The molecular weight excluding hydrogens is 208 g/mol. The van der Waals surface area contributed by atoms with E-state index >= 15 is 0 Å². The lowest BCUT2D eigenvalue weighted by Crippen LogP contribution is -2.29. The van der Waals surface area contributed by atoms with Gasteiger partial charge in [-0.25, -0.2) is 4.98 Å². The largest absolute Gasteiger partial charge is 0.330 e. The number of nitrogens with zero attached hydrogens (tertiary/aromatic N) is 1. The molecule has 1 rings (SSSR count). The molecule has 3 nitrogen and oxygen atoms in total. The fraction of sp³-hybridized carbons (Fsp3) is 0.636. The molecule has 1 aromatic rings. The molecule has 0 spiro atoms. The highest BCUT2D eigenvalue weighted by molar-refractivity contribution is 7.09. The zero-order chi connectivity index (χ0) is 11.4. The van der Waals surface area contributed by atoms with E-state index in [9.17, 15) is 4.79 Å². The number of aryl methyl sites for hydroxylation is 1. The normalized spacial score (nSPS) is 13.1. The molecule has 0 aliphatic heterocycles. The van der Waals surface area contributed by atoms with Gasteiger partial charge in [-0.05, 0) is 12.8 Å². The van der Waals surface area contributed by atoms with Gasteiger partial charge < -0.3 is 5.73 Å². The van der Waals surface area contributed by atoms with Crippen LogP contribution in [0.4, 0.5) is 0 Å². The molecular formula is C11H18N2OS. The Bertz CT molecular complexity index is 333. The van der Waals surface area contributed by atoms with Gasteiger partial charge in [0.25, 0.3) is 0 Å². The van der Waals surface area contributed by atoms with Crippen molar-refractivity contribution >= 4 is 17.1 Å². The Morgan fingerprint density at radius 2 is 2.27 bits per heavy atom.